The minimum absolute atomic E-state index is 0.00469. The molecule has 1 atom stereocenters. The van der Waals surface area contributed by atoms with E-state index in [9.17, 15) is 9.59 Å². The summed E-state index contributed by atoms with van der Waals surface area (Å²) in [6.45, 7) is 5.20. The van der Waals surface area contributed by atoms with Crippen LogP contribution in [0.4, 0.5) is 10.5 Å². The Kier molecular flexibility index (Phi) is 5.51. The van der Waals surface area contributed by atoms with Crippen LogP contribution in [0.5, 0.6) is 0 Å². The first kappa shape index (κ1) is 15.2. The number of Topliss-reactive ketones (excluding diaryl/α,β-unsaturated/α-hetero) is 1. The van der Waals surface area contributed by atoms with Crippen LogP contribution in [0.15, 0.2) is 18.2 Å². The number of carbonyl (C=O) groups is 2. The highest BCUT2D eigenvalue weighted by atomic mass is 16.3. The van der Waals surface area contributed by atoms with E-state index in [-0.39, 0.29) is 24.5 Å². The molecule has 0 heterocycles. The molecule has 0 saturated heterocycles. The van der Waals surface area contributed by atoms with Crippen molar-refractivity contribution in [1.82, 2.24) is 5.32 Å². The van der Waals surface area contributed by atoms with Crippen LogP contribution in [-0.4, -0.2) is 29.6 Å². The molecule has 5 nitrogen and oxygen atoms in total. The minimum atomic E-state index is -0.323. The van der Waals surface area contributed by atoms with E-state index in [4.69, 9.17) is 5.11 Å². The summed E-state index contributed by atoms with van der Waals surface area (Å²) in [5, 5.41) is 14.2. The maximum absolute atomic E-state index is 11.7. The second-order valence-corrected chi connectivity index (χ2v) is 4.60. The molecular formula is C14H20N2O3. The monoisotopic (exact) mass is 264 g/mol. The lowest BCUT2D eigenvalue weighted by Crippen LogP contribution is -2.36. The molecule has 19 heavy (non-hydrogen) atoms. The van der Waals surface area contributed by atoms with E-state index < -0.39 is 0 Å². The first-order valence-electron chi connectivity index (χ1n) is 6.24. The zero-order valence-electron chi connectivity index (χ0n) is 11.5. The summed E-state index contributed by atoms with van der Waals surface area (Å²) in [6, 6.07) is 4.73. The van der Waals surface area contributed by atoms with Crippen LogP contribution < -0.4 is 10.6 Å². The summed E-state index contributed by atoms with van der Waals surface area (Å²) in [4.78, 5) is 23.0. The Morgan fingerprint density at radius 1 is 1.37 bits per heavy atom. The standard InChI is InChI=1S/C14H20N2O3/c1-9-8-12(4-5-13(9)11(3)18)16-14(19)15-10(2)6-7-17/h4-5,8,10,17H,6-7H2,1-3H3,(H2,15,16,19)/t10-/m1/s1. The molecule has 0 radical (unpaired) electrons. The summed E-state index contributed by atoms with van der Waals surface area (Å²) in [5.41, 5.74) is 2.12. The van der Waals surface area contributed by atoms with E-state index in [1.165, 1.54) is 6.92 Å². The van der Waals surface area contributed by atoms with Crippen molar-refractivity contribution in [1.29, 1.82) is 0 Å². The highest BCUT2D eigenvalue weighted by Crippen LogP contribution is 2.15. The van der Waals surface area contributed by atoms with Gasteiger partial charge in [0.2, 0.25) is 0 Å². The lowest BCUT2D eigenvalue weighted by atomic mass is 10.1. The number of carbonyl (C=O) groups excluding carboxylic acids is 2. The van der Waals surface area contributed by atoms with Crippen LogP contribution in [0.1, 0.15) is 36.2 Å². The van der Waals surface area contributed by atoms with E-state index in [2.05, 4.69) is 10.6 Å². The number of aryl methyl sites for hydroxylation is 1. The van der Waals surface area contributed by atoms with Gasteiger partial charge in [-0.1, -0.05) is 0 Å². The first-order chi connectivity index (χ1) is 8.93. The Labute approximate surface area is 113 Å². The van der Waals surface area contributed by atoms with E-state index >= 15 is 0 Å². The van der Waals surface area contributed by atoms with Gasteiger partial charge in [0.05, 0.1) is 0 Å². The Bertz CT molecular complexity index is 472. The van der Waals surface area contributed by atoms with Gasteiger partial charge in [0, 0.05) is 23.9 Å². The lowest BCUT2D eigenvalue weighted by molar-refractivity contribution is 0.101. The van der Waals surface area contributed by atoms with Gasteiger partial charge in [0.25, 0.3) is 0 Å². The van der Waals surface area contributed by atoms with E-state index in [1.54, 1.807) is 18.2 Å². The largest absolute Gasteiger partial charge is 0.396 e. The molecule has 0 aromatic heterocycles. The predicted molar refractivity (Wildman–Crippen MR) is 74.5 cm³/mol. The highest BCUT2D eigenvalue weighted by Gasteiger charge is 2.08. The number of amides is 2. The quantitative estimate of drug-likeness (QED) is 0.712. The molecule has 104 valence electrons. The molecule has 1 rings (SSSR count). The van der Waals surface area contributed by atoms with Gasteiger partial charge in [-0.15, -0.1) is 0 Å². The summed E-state index contributed by atoms with van der Waals surface area (Å²) < 4.78 is 0. The van der Waals surface area contributed by atoms with Crippen LogP contribution in [0, 0.1) is 6.92 Å². The average molecular weight is 264 g/mol. The number of rotatable bonds is 5. The molecule has 0 aliphatic heterocycles. The van der Waals surface area contributed by atoms with E-state index in [0.717, 1.165) is 5.56 Å². The lowest BCUT2D eigenvalue weighted by Gasteiger charge is -2.14. The number of hydrogen-bond donors (Lipinski definition) is 3. The van der Waals surface area contributed by atoms with Crippen molar-refractivity contribution in [2.75, 3.05) is 11.9 Å². The minimum Gasteiger partial charge on any atom is -0.396 e. The molecule has 2 amide bonds. The van der Waals surface area contributed by atoms with Crippen LogP contribution >= 0.6 is 0 Å². The summed E-state index contributed by atoms with van der Waals surface area (Å²) in [6.07, 6.45) is 0.510. The molecule has 3 N–H and O–H groups in total. The molecule has 1 aromatic carbocycles. The molecule has 5 heteroatoms. The number of aliphatic hydroxyl groups is 1. The molecule has 0 aliphatic carbocycles. The second-order valence-electron chi connectivity index (χ2n) is 4.60. The highest BCUT2D eigenvalue weighted by molar-refractivity contribution is 5.96. The van der Waals surface area contributed by atoms with E-state index in [0.29, 0.717) is 17.7 Å². The molecule has 0 bridgehead atoms. The van der Waals surface area contributed by atoms with Crippen LogP contribution in [-0.2, 0) is 0 Å². The predicted octanol–water partition coefficient (Wildman–Crippen LogP) is 2.09. The molecule has 1 aromatic rings. The van der Waals surface area contributed by atoms with Crippen molar-refractivity contribution in [3.8, 4) is 0 Å². The average Bonchev–Trinajstić information content (AvgIpc) is 2.28. The van der Waals surface area contributed by atoms with Crippen molar-refractivity contribution in [2.45, 2.75) is 33.2 Å². The molecule has 0 aliphatic rings. The maximum Gasteiger partial charge on any atom is 0.319 e. The van der Waals surface area contributed by atoms with Crippen molar-refractivity contribution in [3.05, 3.63) is 29.3 Å². The van der Waals surface area contributed by atoms with Crippen molar-refractivity contribution >= 4 is 17.5 Å². The summed E-state index contributed by atoms with van der Waals surface area (Å²) in [5.74, 6) is 0.00469. The zero-order chi connectivity index (χ0) is 14.4. The summed E-state index contributed by atoms with van der Waals surface area (Å²) in [7, 11) is 0. The van der Waals surface area contributed by atoms with Crippen molar-refractivity contribution < 1.29 is 14.7 Å². The number of urea groups is 1. The van der Waals surface area contributed by atoms with Gasteiger partial charge in [0.15, 0.2) is 5.78 Å². The molecule has 0 spiro atoms. The normalized spacial score (nSPS) is 11.8. The number of hydrogen-bond acceptors (Lipinski definition) is 3. The fourth-order valence-electron chi connectivity index (χ4n) is 1.79. The Morgan fingerprint density at radius 3 is 2.58 bits per heavy atom. The topological polar surface area (TPSA) is 78.4 Å². The van der Waals surface area contributed by atoms with Gasteiger partial charge < -0.3 is 15.7 Å². The van der Waals surface area contributed by atoms with Gasteiger partial charge in [-0.2, -0.15) is 0 Å². The van der Waals surface area contributed by atoms with Crippen molar-refractivity contribution in [2.24, 2.45) is 0 Å². The number of nitrogens with one attached hydrogen (secondary N) is 2. The SMILES string of the molecule is CC(=O)c1ccc(NC(=O)N[C@H](C)CCO)cc1C. The van der Waals surface area contributed by atoms with Gasteiger partial charge in [0.1, 0.15) is 0 Å². The smallest absolute Gasteiger partial charge is 0.319 e. The van der Waals surface area contributed by atoms with Crippen molar-refractivity contribution in [3.63, 3.8) is 0 Å². The van der Waals surface area contributed by atoms with Gasteiger partial charge in [-0.25, -0.2) is 4.79 Å². The molecular weight excluding hydrogens is 244 g/mol. The maximum atomic E-state index is 11.7. The summed E-state index contributed by atoms with van der Waals surface area (Å²) >= 11 is 0. The third-order valence-electron chi connectivity index (χ3n) is 2.80. The number of anilines is 1. The Balaban J connectivity index is 2.65. The number of ketones is 1. The molecule has 0 saturated carbocycles. The fourth-order valence-corrected chi connectivity index (χ4v) is 1.79. The third-order valence-corrected chi connectivity index (χ3v) is 2.80. The Hall–Kier alpha value is -1.88. The van der Waals surface area contributed by atoms with Gasteiger partial charge in [-0.05, 0) is 51.0 Å². The van der Waals surface area contributed by atoms with Crippen LogP contribution in [0.3, 0.4) is 0 Å². The van der Waals surface area contributed by atoms with Crippen LogP contribution in [0.25, 0.3) is 0 Å². The second kappa shape index (κ2) is 6.89. The number of benzene rings is 1. The third kappa shape index (κ3) is 4.71. The first-order valence-corrected chi connectivity index (χ1v) is 6.24. The number of aliphatic hydroxyl groups excluding tert-OH is 1. The van der Waals surface area contributed by atoms with Gasteiger partial charge in [-0.3, -0.25) is 4.79 Å². The Morgan fingerprint density at radius 2 is 2.05 bits per heavy atom. The molecule has 0 fully saturated rings. The van der Waals surface area contributed by atoms with Gasteiger partial charge >= 0.3 is 6.03 Å². The molecule has 0 unspecified atom stereocenters. The van der Waals surface area contributed by atoms with E-state index in [1.807, 2.05) is 13.8 Å². The van der Waals surface area contributed by atoms with Crippen LogP contribution in [0.2, 0.25) is 0 Å². The fraction of sp³-hybridized carbons (Fsp3) is 0.429. The zero-order valence-corrected chi connectivity index (χ0v) is 11.5.